The van der Waals surface area contributed by atoms with Crippen LogP contribution in [0.1, 0.15) is 31.9 Å². The Labute approximate surface area is 186 Å². The minimum absolute atomic E-state index is 0. The number of nitrogens with one attached hydrogen (secondary N) is 1. The van der Waals surface area contributed by atoms with Gasteiger partial charge in [-0.2, -0.15) is 0 Å². The molecule has 1 aliphatic rings. The monoisotopic (exact) mass is 531 g/mol. The Hall–Kier alpha value is -1.27. The summed E-state index contributed by atoms with van der Waals surface area (Å²) in [6, 6.07) is 5.17. The molecule has 0 aliphatic carbocycles. The number of aliphatic hydroxyl groups is 1. The van der Waals surface area contributed by atoms with Crippen LogP contribution in [0.4, 0.5) is 13.2 Å². The minimum atomic E-state index is -4.74. The third-order valence-electron chi connectivity index (χ3n) is 4.39. The minimum Gasteiger partial charge on any atom is -0.406 e. The normalized spacial score (nSPS) is 18.3. The first-order chi connectivity index (χ1) is 13.3. The zero-order valence-corrected chi connectivity index (χ0v) is 18.9. The molecule has 0 bridgehead atoms. The second kappa shape index (κ2) is 12.4. The SMILES string of the molecule is CCNC(=NCC(O)c1ccc(OC(F)(F)F)cc1)N1CCC(COCC)C1.I. The molecule has 2 unspecified atom stereocenters. The molecular formula is C19H29F3IN3O3. The molecule has 166 valence electrons. The number of ether oxygens (including phenoxy) is 2. The highest BCUT2D eigenvalue weighted by Gasteiger charge is 2.31. The molecule has 0 aromatic heterocycles. The number of aliphatic hydroxyl groups excluding tert-OH is 1. The predicted octanol–water partition coefficient (Wildman–Crippen LogP) is 3.56. The number of benzene rings is 1. The Bertz CT molecular complexity index is 629. The van der Waals surface area contributed by atoms with Crippen molar-refractivity contribution in [3.8, 4) is 5.75 Å². The summed E-state index contributed by atoms with van der Waals surface area (Å²) < 4.78 is 46.0. The van der Waals surface area contributed by atoms with Gasteiger partial charge in [-0.3, -0.25) is 4.99 Å². The predicted molar refractivity (Wildman–Crippen MR) is 116 cm³/mol. The van der Waals surface area contributed by atoms with E-state index in [1.807, 2.05) is 13.8 Å². The van der Waals surface area contributed by atoms with Crippen molar-refractivity contribution in [1.29, 1.82) is 0 Å². The number of alkyl halides is 3. The third kappa shape index (κ3) is 8.95. The van der Waals surface area contributed by atoms with E-state index in [9.17, 15) is 18.3 Å². The summed E-state index contributed by atoms with van der Waals surface area (Å²) in [5, 5.41) is 13.6. The zero-order chi connectivity index (χ0) is 20.6. The lowest BCUT2D eigenvalue weighted by Gasteiger charge is -2.22. The first kappa shape index (κ1) is 25.8. The van der Waals surface area contributed by atoms with Crippen molar-refractivity contribution >= 4 is 29.9 Å². The van der Waals surface area contributed by atoms with Crippen molar-refractivity contribution in [3.63, 3.8) is 0 Å². The molecule has 1 aliphatic heterocycles. The molecule has 1 heterocycles. The molecule has 2 rings (SSSR count). The van der Waals surface area contributed by atoms with Crippen LogP contribution in [0.25, 0.3) is 0 Å². The maximum atomic E-state index is 12.2. The van der Waals surface area contributed by atoms with Gasteiger partial charge in [-0.15, -0.1) is 37.1 Å². The first-order valence-electron chi connectivity index (χ1n) is 9.47. The summed E-state index contributed by atoms with van der Waals surface area (Å²) in [6.45, 7) is 7.87. The number of halogens is 4. The molecule has 0 saturated carbocycles. The fraction of sp³-hybridized carbons (Fsp3) is 0.632. The average Bonchev–Trinajstić information content (AvgIpc) is 3.11. The van der Waals surface area contributed by atoms with Crippen LogP contribution < -0.4 is 10.1 Å². The maximum absolute atomic E-state index is 12.2. The van der Waals surface area contributed by atoms with Crippen LogP contribution in [-0.4, -0.2) is 61.7 Å². The van der Waals surface area contributed by atoms with Crippen LogP contribution in [0, 0.1) is 5.92 Å². The molecule has 29 heavy (non-hydrogen) atoms. The van der Waals surface area contributed by atoms with E-state index < -0.39 is 12.5 Å². The summed E-state index contributed by atoms with van der Waals surface area (Å²) >= 11 is 0. The Morgan fingerprint density at radius 3 is 2.59 bits per heavy atom. The van der Waals surface area contributed by atoms with Crippen LogP contribution >= 0.6 is 24.0 Å². The van der Waals surface area contributed by atoms with Crippen LogP contribution in [0.15, 0.2) is 29.3 Å². The second-order valence-electron chi connectivity index (χ2n) is 6.59. The average molecular weight is 531 g/mol. The first-order valence-corrected chi connectivity index (χ1v) is 9.47. The third-order valence-corrected chi connectivity index (χ3v) is 4.39. The molecule has 0 spiro atoms. The van der Waals surface area contributed by atoms with E-state index in [2.05, 4.69) is 19.9 Å². The smallest absolute Gasteiger partial charge is 0.406 e. The lowest BCUT2D eigenvalue weighted by Crippen LogP contribution is -2.40. The molecule has 1 aromatic carbocycles. The number of likely N-dealkylation sites (tertiary alicyclic amines) is 1. The Kier molecular flexibility index (Phi) is 11.0. The van der Waals surface area contributed by atoms with Gasteiger partial charge in [-0.05, 0) is 38.0 Å². The van der Waals surface area contributed by atoms with E-state index in [0.29, 0.717) is 24.6 Å². The summed E-state index contributed by atoms with van der Waals surface area (Å²) in [5.41, 5.74) is 0.477. The van der Waals surface area contributed by atoms with E-state index in [4.69, 9.17) is 4.74 Å². The molecule has 6 nitrogen and oxygen atoms in total. The van der Waals surface area contributed by atoms with Crippen LogP contribution in [0.2, 0.25) is 0 Å². The molecule has 1 aromatic rings. The molecule has 2 atom stereocenters. The van der Waals surface area contributed by atoms with Gasteiger partial charge in [0.2, 0.25) is 0 Å². The zero-order valence-electron chi connectivity index (χ0n) is 16.6. The van der Waals surface area contributed by atoms with Crippen molar-refractivity contribution in [2.24, 2.45) is 10.9 Å². The molecule has 1 fully saturated rings. The summed E-state index contributed by atoms with van der Waals surface area (Å²) in [5.74, 6) is 0.852. The largest absolute Gasteiger partial charge is 0.573 e. The van der Waals surface area contributed by atoms with Gasteiger partial charge in [-0.25, -0.2) is 0 Å². The highest BCUT2D eigenvalue weighted by atomic mass is 127. The van der Waals surface area contributed by atoms with E-state index in [-0.39, 0.29) is 36.3 Å². The Morgan fingerprint density at radius 1 is 1.31 bits per heavy atom. The molecule has 2 N–H and O–H groups in total. The van der Waals surface area contributed by atoms with Crippen LogP contribution in [0.3, 0.4) is 0 Å². The second-order valence-corrected chi connectivity index (χ2v) is 6.59. The molecule has 0 radical (unpaired) electrons. The van der Waals surface area contributed by atoms with Crippen LogP contribution in [0.5, 0.6) is 5.75 Å². The van der Waals surface area contributed by atoms with Gasteiger partial charge >= 0.3 is 6.36 Å². The lowest BCUT2D eigenvalue weighted by atomic mass is 10.1. The van der Waals surface area contributed by atoms with Crippen LogP contribution in [-0.2, 0) is 4.74 Å². The van der Waals surface area contributed by atoms with E-state index >= 15 is 0 Å². The number of rotatable bonds is 8. The quantitative estimate of drug-likeness (QED) is 0.305. The standard InChI is InChI=1S/C19H28F3N3O3.HI/c1-3-23-18(25-10-9-14(12-25)13-27-4-2)24-11-17(26)15-5-7-16(8-6-15)28-19(20,21)22;/h5-8,14,17,26H,3-4,9-13H2,1-2H3,(H,23,24);1H. The van der Waals surface area contributed by atoms with Gasteiger partial charge in [0.1, 0.15) is 5.75 Å². The van der Waals surface area contributed by atoms with Gasteiger partial charge in [0.05, 0.1) is 19.3 Å². The maximum Gasteiger partial charge on any atom is 0.573 e. The number of hydrogen-bond donors (Lipinski definition) is 2. The topological polar surface area (TPSA) is 66.3 Å². The number of guanidine groups is 1. The van der Waals surface area contributed by atoms with E-state index in [1.54, 1.807) is 0 Å². The van der Waals surface area contributed by atoms with Gasteiger partial charge in [0, 0.05) is 32.2 Å². The number of aliphatic imine (C=N–C) groups is 1. The molecule has 0 amide bonds. The highest BCUT2D eigenvalue weighted by Crippen LogP contribution is 2.24. The highest BCUT2D eigenvalue weighted by molar-refractivity contribution is 14.0. The Balaban J connectivity index is 0.00000420. The van der Waals surface area contributed by atoms with Crippen molar-refractivity contribution in [1.82, 2.24) is 10.2 Å². The summed E-state index contributed by atoms with van der Waals surface area (Å²) in [7, 11) is 0. The van der Waals surface area contributed by atoms with Crippen molar-refractivity contribution in [2.75, 3.05) is 39.4 Å². The fourth-order valence-electron chi connectivity index (χ4n) is 3.04. The lowest BCUT2D eigenvalue weighted by molar-refractivity contribution is -0.274. The fourth-order valence-corrected chi connectivity index (χ4v) is 3.04. The number of hydrogen-bond acceptors (Lipinski definition) is 4. The van der Waals surface area contributed by atoms with Crippen molar-refractivity contribution in [3.05, 3.63) is 29.8 Å². The van der Waals surface area contributed by atoms with Gasteiger partial charge in [0.15, 0.2) is 5.96 Å². The van der Waals surface area contributed by atoms with E-state index in [0.717, 1.165) is 32.1 Å². The molecule has 10 heteroatoms. The molecular weight excluding hydrogens is 502 g/mol. The van der Waals surface area contributed by atoms with Gasteiger partial charge < -0.3 is 24.8 Å². The van der Waals surface area contributed by atoms with Gasteiger partial charge in [0.25, 0.3) is 0 Å². The van der Waals surface area contributed by atoms with Crippen molar-refractivity contribution < 1.29 is 27.8 Å². The number of nitrogens with zero attached hydrogens (tertiary/aromatic N) is 2. The van der Waals surface area contributed by atoms with Crippen molar-refractivity contribution in [2.45, 2.75) is 32.7 Å². The Morgan fingerprint density at radius 2 is 2.00 bits per heavy atom. The molecule has 1 saturated heterocycles. The van der Waals surface area contributed by atoms with E-state index in [1.165, 1.54) is 24.3 Å². The summed E-state index contributed by atoms with van der Waals surface area (Å²) in [4.78, 5) is 6.64. The summed E-state index contributed by atoms with van der Waals surface area (Å²) in [6.07, 6.45) is -4.63. The van der Waals surface area contributed by atoms with Gasteiger partial charge in [-0.1, -0.05) is 12.1 Å².